The van der Waals surface area contributed by atoms with E-state index in [0.29, 0.717) is 18.4 Å². The zero-order valence-corrected chi connectivity index (χ0v) is 11.5. The zero-order chi connectivity index (χ0) is 13.5. The van der Waals surface area contributed by atoms with E-state index in [4.69, 9.17) is 4.74 Å². The van der Waals surface area contributed by atoms with Crippen molar-refractivity contribution in [1.82, 2.24) is 14.9 Å². The van der Waals surface area contributed by atoms with E-state index in [-0.39, 0.29) is 11.3 Å². The van der Waals surface area contributed by atoms with Crippen molar-refractivity contribution in [3.63, 3.8) is 0 Å². The number of aromatic nitrogens is 2. The molecule has 0 aromatic carbocycles. The minimum absolute atomic E-state index is 0.226. The molecule has 0 saturated heterocycles. The molecule has 0 aliphatic carbocycles. The Hall–Kier alpha value is -1.56. The van der Waals surface area contributed by atoms with Gasteiger partial charge >= 0.3 is 0 Å². The van der Waals surface area contributed by atoms with Crippen LogP contribution in [0.4, 0.5) is 5.82 Å². The average Bonchev–Trinajstić information content (AvgIpc) is 2.37. The monoisotopic (exact) mass is 254 g/mol. The number of nitrogens with zero attached hydrogens (tertiary/aromatic N) is 2. The quantitative estimate of drug-likeness (QED) is 0.757. The summed E-state index contributed by atoms with van der Waals surface area (Å²) in [7, 11) is 3.54. The van der Waals surface area contributed by atoms with Crippen molar-refractivity contribution in [2.45, 2.75) is 26.3 Å². The number of anilines is 1. The van der Waals surface area contributed by atoms with Crippen LogP contribution in [0.1, 0.15) is 20.3 Å². The summed E-state index contributed by atoms with van der Waals surface area (Å²) in [5, 5.41) is 3.12. The third kappa shape index (κ3) is 3.73. The Bertz CT molecular complexity index is 419. The minimum atomic E-state index is -0.273. The second kappa shape index (κ2) is 7.00. The van der Waals surface area contributed by atoms with Crippen molar-refractivity contribution >= 4 is 5.82 Å². The SMILES string of the molecule is CCC(C)N(C)CCNc1nc[nH]c(=O)c1OC. The largest absolute Gasteiger partial charge is 0.489 e. The third-order valence-corrected chi connectivity index (χ3v) is 3.11. The van der Waals surface area contributed by atoms with Crippen LogP contribution in [0.15, 0.2) is 11.1 Å². The maximum Gasteiger partial charge on any atom is 0.295 e. The summed E-state index contributed by atoms with van der Waals surface area (Å²) in [6.45, 7) is 5.95. The second-order valence-electron chi connectivity index (χ2n) is 4.28. The van der Waals surface area contributed by atoms with Gasteiger partial charge in [0.1, 0.15) is 0 Å². The summed E-state index contributed by atoms with van der Waals surface area (Å²) in [6, 6.07) is 0.542. The van der Waals surface area contributed by atoms with Crippen molar-refractivity contribution in [2.75, 3.05) is 32.6 Å². The standard InChI is InChI=1S/C12H22N4O2/c1-5-9(2)16(3)7-6-13-11-10(18-4)12(17)15-8-14-11/h8-9H,5-7H2,1-4H3,(H2,13,14,15,17). The molecule has 0 saturated carbocycles. The van der Waals surface area contributed by atoms with Crippen LogP contribution in [-0.4, -0.2) is 48.2 Å². The number of rotatable bonds is 7. The number of ether oxygens (including phenoxy) is 1. The topological polar surface area (TPSA) is 70.2 Å². The van der Waals surface area contributed by atoms with Crippen LogP contribution in [0.2, 0.25) is 0 Å². The summed E-state index contributed by atoms with van der Waals surface area (Å²) in [4.78, 5) is 20.2. The van der Waals surface area contributed by atoms with E-state index in [1.165, 1.54) is 13.4 Å². The van der Waals surface area contributed by atoms with Gasteiger partial charge in [-0.3, -0.25) is 4.79 Å². The molecule has 0 spiro atoms. The molecule has 0 amide bonds. The van der Waals surface area contributed by atoms with Crippen LogP contribution in [0.3, 0.4) is 0 Å². The van der Waals surface area contributed by atoms with Crippen molar-refractivity contribution < 1.29 is 4.74 Å². The average molecular weight is 254 g/mol. The van der Waals surface area contributed by atoms with Gasteiger partial charge in [-0.15, -0.1) is 0 Å². The molecule has 6 heteroatoms. The van der Waals surface area contributed by atoms with Crippen molar-refractivity contribution in [3.8, 4) is 5.75 Å². The number of methoxy groups -OCH3 is 1. The van der Waals surface area contributed by atoms with Gasteiger partial charge in [-0.05, 0) is 20.4 Å². The van der Waals surface area contributed by atoms with E-state index in [1.54, 1.807) is 0 Å². The van der Waals surface area contributed by atoms with Gasteiger partial charge in [0.2, 0.25) is 5.75 Å². The van der Waals surface area contributed by atoms with Crippen LogP contribution < -0.4 is 15.6 Å². The molecule has 18 heavy (non-hydrogen) atoms. The molecule has 0 bridgehead atoms. The molecule has 6 nitrogen and oxygen atoms in total. The molecule has 0 aliphatic heterocycles. The van der Waals surface area contributed by atoms with E-state index in [2.05, 4.69) is 41.1 Å². The smallest absolute Gasteiger partial charge is 0.295 e. The summed E-state index contributed by atoms with van der Waals surface area (Å²) >= 11 is 0. The van der Waals surface area contributed by atoms with Gasteiger partial charge in [-0.25, -0.2) is 4.98 Å². The molecule has 0 fully saturated rings. The van der Waals surface area contributed by atoms with Gasteiger partial charge in [0.25, 0.3) is 5.56 Å². The van der Waals surface area contributed by atoms with E-state index in [0.717, 1.165) is 13.0 Å². The number of likely N-dealkylation sites (N-methyl/N-ethyl adjacent to an activating group) is 1. The number of hydrogen-bond acceptors (Lipinski definition) is 5. The van der Waals surface area contributed by atoms with Crippen LogP contribution in [-0.2, 0) is 0 Å². The van der Waals surface area contributed by atoms with Crippen molar-refractivity contribution in [3.05, 3.63) is 16.7 Å². The van der Waals surface area contributed by atoms with Gasteiger partial charge in [0.15, 0.2) is 5.82 Å². The van der Waals surface area contributed by atoms with Crippen molar-refractivity contribution in [1.29, 1.82) is 0 Å². The first-order valence-corrected chi connectivity index (χ1v) is 6.15. The predicted octanol–water partition coefficient (Wildman–Crippen LogP) is 0.921. The summed E-state index contributed by atoms with van der Waals surface area (Å²) in [6.07, 6.45) is 2.48. The normalized spacial score (nSPS) is 12.5. The molecule has 0 radical (unpaired) electrons. The van der Waals surface area contributed by atoms with Gasteiger partial charge < -0.3 is 19.9 Å². The maximum atomic E-state index is 11.5. The van der Waals surface area contributed by atoms with Gasteiger partial charge in [0, 0.05) is 19.1 Å². The molecular weight excluding hydrogens is 232 g/mol. The van der Waals surface area contributed by atoms with Gasteiger partial charge in [-0.1, -0.05) is 6.92 Å². The third-order valence-electron chi connectivity index (χ3n) is 3.11. The molecule has 2 N–H and O–H groups in total. The van der Waals surface area contributed by atoms with E-state index < -0.39 is 0 Å². The number of nitrogens with one attached hydrogen (secondary N) is 2. The number of H-pyrrole nitrogens is 1. The predicted molar refractivity (Wildman–Crippen MR) is 72.3 cm³/mol. The molecular formula is C12H22N4O2. The summed E-state index contributed by atoms with van der Waals surface area (Å²) in [5.41, 5.74) is -0.273. The Morgan fingerprint density at radius 1 is 1.61 bits per heavy atom. The Kier molecular flexibility index (Phi) is 5.64. The highest BCUT2D eigenvalue weighted by atomic mass is 16.5. The fraction of sp³-hybridized carbons (Fsp3) is 0.667. The lowest BCUT2D eigenvalue weighted by atomic mass is 10.2. The Balaban J connectivity index is 2.54. The Labute approximate surface area is 107 Å². The highest BCUT2D eigenvalue weighted by molar-refractivity contribution is 5.47. The molecule has 1 atom stereocenters. The molecule has 1 heterocycles. The fourth-order valence-corrected chi connectivity index (χ4v) is 1.59. The Morgan fingerprint density at radius 2 is 2.33 bits per heavy atom. The number of aromatic amines is 1. The highest BCUT2D eigenvalue weighted by Crippen LogP contribution is 2.13. The molecule has 1 aromatic rings. The van der Waals surface area contributed by atoms with Crippen molar-refractivity contribution in [2.24, 2.45) is 0 Å². The maximum absolute atomic E-state index is 11.5. The lowest BCUT2D eigenvalue weighted by molar-refractivity contribution is 0.261. The van der Waals surface area contributed by atoms with Crippen LogP contribution in [0, 0.1) is 0 Å². The highest BCUT2D eigenvalue weighted by Gasteiger charge is 2.09. The zero-order valence-electron chi connectivity index (χ0n) is 11.5. The first kappa shape index (κ1) is 14.5. The molecule has 1 rings (SSSR count). The van der Waals surface area contributed by atoms with E-state index >= 15 is 0 Å². The Morgan fingerprint density at radius 3 is 2.94 bits per heavy atom. The van der Waals surface area contributed by atoms with Gasteiger partial charge in [0.05, 0.1) is 13.4 Å². The summed E-state index contributed by atoms with van der Waals surface area (Å²) < 4.78 is 5.02. The minimum Gasteiger partial charge on any atom is -0.489 e. The van der Waals surface area contributed by atoms with Crippen LogP contribution in [0.25, 0.3) is 0 Å². The fourth-order valence-electron chi connectivity index (χ4n) is 1.59. The van der Waals surface area contributed by atoms with E-state index in [9.17, 15) is 4.79 Å². The molecule has 0 aliphatic rings. The second-order valence-corrected chi connectivity index (χ2v) is 4.28. The molecule has 102 valence electrons. The summed E-state index contributed by atoms with van der Waals surface area (Å²) in [5.74, 6) is 0.711. The van der Waals surface area contributed by atoms with E-state index in [1.807, 2.05) is 0 Å². The molecule has 1 aromatic heterocycles. The molecule has 1 unspecified atom stereocenters. The first-order chi connectivity index (χ1) is 8.60. The van der Waals surface area contributed by atoms with Crippen LogP contribution in [0.5, 0.6) is 5.75 Å². The number of hydrogen-bond donors (Lipinski definition) is 2. The lowest BCUT2D eigenvalue weighted by Gasteiger charge is -2.23. The first-order valence-electron chi connectivity index (χ1n) is 6.15. The lowest BCUT2D eigenvalue weighted by Crippen LogP contribution is -2.33. The van der Waals surface area contributed by atoms with Crippen LogP contribution >= 0.6 is 0 Å². The van der Waals surface area contributed by atoms with Gasteiger partial charge in [-0.2, -0.15) is 0 Å².